The summed E-state index contributed by atoms with van der Waals surface area (Å²) in [6.07, 6.45) is 4.19. The number of halogens is 1. The fourth-order valence-corrected chi connectivity index (χ4v) is 4.02. The maximum atomic E-state index is 11.6. The molecule has 9 heteroatoms. The fraction of sp³-hybridized carbons (Fsp3) is 0.136. The Hall–Kier alpha value is -3.23. The third kappa shape index (κ3) is 4.92. The second kappa shape index (κ2) is 8.49. The number of fused-ring (bicyclic) bond motifs is 1. The summed E-state index contributed by atoms with van der Waals surface area (Å²) in [6.45, 7) is 2.07. The van der Waals surface area contributed by atoms with Gasteiger partial charge in [-0.1, -0.05) is 48.0 Å². The van der Waals surface area contributed by atoms with Gasteiger partial charge in [0.25, 0.3) is 0 Å². The van der Waals surface area contributed by atoms with Crippen molar-refractivity contribution in [1.29, 1.82) is 0 Å². The first-order valence-corrected chi connectivity index (χ1v) is 11.8. The molecule has 0 bridgehead atoms. The van der Waals surface area contributed by atoms with Crippen LogP contribution in [-0.4, -0.2) is 29.6 Å². The molecule has 0 saturated carbocycles. The van der Waals surface area contributed by atoms with Gasteiger partial charge in [-0.25, -0.2) is 23.4 Å². The summed E-state index contributed by atoms with van der Waals surface area (Å²) >= 11 is 6.06. The van der Waals surface area contributed by atoms with Crippen LogP contribution in [0.3, 0.4) is 0 Å². The Balaban J connectivity index is 1.73. The Morgan fingerprint density at radius 2 is 1.74 bits per heavy atom. The van der Waals surface area contributed by atoms with Crippen molar-refractivity contribution in [2.45, 2.75) is 13.0 Å². The Kier molecular flexibility index (Phi) is 5.75. The number of benzene rings is 2. The quantitative estimate of drug-likeness (QED) is 0.403. The molecule has 1 atom stereocenters. The molecule has 0 unspecified atom stereocenters. The summed E-state index contributed by atoms with van der Waals surface area (Å²) in [5.74, 6) is 0.708. The van der Waals surface area contributed by atoms with Gasteiger partial charge in [0, 0.05) is 23.2 Å². The smallest absolute Gasteiger partial charge is 0.229 e. The van der Waals surface area contributed by atoms with Crippen molar-refractivity contribution in [3.8, 4) is 11.1 Å². The predicted molar refractivity (Wildman–Crippen MR) is 125 cm³/mol. The average molecular weight is 454 g/mol. The lowest BCUT2D eigenvalue weighted by Gasteiger charge is -2.16. The Labute approximate surface area is 185 Å². The second-order valence-electron chi connectivity index (χ2n) is 7.17. The molecule has 0 spiro atoms. The minimum Gasteiger partial charge on any atom is -0.363 e. The minimum atomic E-state index is -3.48. The van der Waals surface area contributed by atoms with Crippen LogP contribution < -0.4 is 10.0 Å². The predicted octanol–water partition coefficient (Wildman–Crippen LogP) is 4.89. The van der Waals surface area contributed by atoms with Crippen LogP contribution in [0.5, 0.6) is 0 Å². The zero-order valence-electron chi connectivity index (χ0n) is 16.9. The molecule has 0 fully saturated rings. The van der Waals surface area contributed by atoms with Crippen LogP contribution in [0.1, 0.15) is 18.5 Å². The molecule has 0 aliphatic rings. The molecule has 0 radical (unpaired) electrons. The summed E-state index contributed by atoms with van der Waals surface area (Å²) in [4.78, 5) is 12.9. The van der Waals surface area contributed by atoms with E-state index in [1.165, 1.54) is 6.33 Å². The lowest BCUT2D eigenvalue weighted by atomic mass is 10.0. The standard InChI is InChI=1S/C22H20ClN5O2S/c1-14(15-6-4-3-5-7-15)27-22-18-10-16(8-9-19(18)25-13-26-22)17-11-20(21(23)24-12-17)28-31(2,29)30/h3-14,28H,1-2H3,(H,25,26,27)/t14-/m0/s1. The molecule has 31 heavy (non-hydrogen) atoms. The highest BCUT2D eigenvalue weighted by Crippen LogP contribution is 2.31. The molecule has 0 amide bonds. The molecule has 0 aliphatic heterocycles. The van der Waals surface area contributed by atoms with Gasteiger partial charge in [-0.2, -0.15) is 0 Å². The van der Waals surface area contributed by atoms with Gasteiger partial charge in [-0.05, 0) is 36.2 Å². The van der Waals surface area contributed by atoms with E-state index in [-0.39, 0.29) is 16.9 Å². The fourth-order valence-electron chi connectivity index (χ4n) is 3.26. The number of hydrogen-bond acceptors (Lipinski definition) is 6. The Morgan fingerprint density at radius 3 is 2.48 bits per heavy atom. The molecule has 7 nitrogen and oxygen atoms in total. The van der Waals surface area contributed by atoms with Crippen LogP contribution in [0.25, 0.3) is 22.0 Å². The number of nitrogens with zero attached hydrogens (tertiary/aromatic N) is 3. The number of sulfonamides is 1. The summed E-state index contributed by atoms with van der Waals surface area (Å²) in [7, 11) is -3.48. The summed E-state index contributed by atoms with van der Waals surface area (Å²) in [6, 6.07) is 17.5. The lowest BCUT2D eigenvalue weighted by molar-refractivity contribution is 0.607. The number of pyridine rings is 1. The highest BCUT2D eigenvalue weighted by molar-refractivity contribution is 7.92. The molecule has 2 heterocycles. The first-order chi connectivity index (χ1) is 14.8. The van der Waals surface area contributed by atoms with Crippen LogP contribution in [-0.2, 0) is 10.0 Å². The first kappa shape index (κ1) is 21.0. The molecule has 2 aromatic carbocycles. The number of rotatable bonds is 6. The molecule has 0 saturated heterocycles. The van der Waals surface area contributed by atoms with Crippen LogP contribution in [0.4, 0.5) is 11.5 Å². The van der Waals surface area contributed by atoms with E-state index in [2.05, 4.69) is 44.0 Å². The lowest BCUT2D eigenvalue weighted by Crippen LogP contribution is -2.10. The number of hydrogen-bond donors (Lipinski definition) is 2. The van der Waals surface area contributed by atoms with E-state index < -0.39 is 10.0 Å². The van der Waals surface area contributed by atoms with E-state index in [4.69, 9.17) is 11.6 Å². The van der Waals surface area contributed by atoms with Gasteiger partial charge in [0.15, 0.2) is 5.15 Å². The molecule has 2 N–H and O–H groups in total. The SMILES string of the molecule is C[C@H](Nc1ncnc2ccc(-c3cnc(Cl)c(NS(C)(=O)=O)c3)cc12)c1ccccc1. The topological polar surface area (TPSA) is 96.9 Å². The van der Waals surface area contributed by atoms with Crippen LogP contribution in [0, 0.1) is 0 Å². The molecule has 158 valence electrons. The first-order valence-electron chi connectivity index (χ1n) is 9.50. The van der Waals surface area contributed by atoms with E-state index in [1.807, 2.05) is 36.4 Å². The van der Waals surface area contributed by atoms with E-state index in [1.54, 1.807) is 12.3 Å². The van der Waals surface area contributed by atoms with Crippen LogP contribution in [0.2, 0.25) is 5.15 Å². The number of anilines is 2. The maximum absolute atomic E-state index is 11.6. The van der Waals surface area contributed by atoms with Gasteiger partial charge in [-0.15, -0.1) is 0 Å². The van der Waals surface area contributed by atoms with E-state index in [9.17, 15) is 8.42 Å². The monoisotopic (exact) mass is 453 g/mol. The Morgan fingerprint density at radius 1 is 0.968 bits per heavy atom. The van der Waals surface area contributed by atoms with Gasteiger partial charge in [0.1, 0.15) is 12.1 Å². The van der Waals surface area contributed by atoms with Gasteiger partial charge in [0.2, 0.25) is 10.0 Å². The van der Waals surface area contributed by atoms with Gasteiger partial charge in [-0.3, -0.25) is 4.72 Å². The van der Waals surface area contributed by atoms with Crippen molar-refractivity contribution >= 4 is 44.0 Å². The molecule has 4 aromatic rings. The summed E-state index contributed by atoms with van der Waals surface area (Å²) in [5, 5.41) is 4.38. The number of aromatic nitrogens is 3. The van der Waals surface area contributed by atoms with E-state index >= 15 is 0 Å². The third-order valence-corrected chi connectivity index (χ3v) is 5.65. The summed E-state index contributed by atoms with van der Waals surface area (Å²) < 4.78 is 25.6. The molecular weight excluding hydrogens is 434 g/mol. The molecule has 4 rings (SSSR count). The molecule has 2 aromatic heterocycles. The highest BCUT2D eigenvalue weighted by Gasteiger charge is 2.13. The largest absolute Gasteiger partial charge is 0.363 e. The zero-order chi connectivity index (χ0) is 22.0. The van der Waals surface area contributed by atoms with Gasteiger partial charge in [0.05, 0.1) is 17.5 Å². The average Bonchev–Trinajstić information content (AvgIpc) is 2.75. The van der Waals surface area contributed by atoms with Crippen molar-refractivity contribution in [2.75, 3.05) is 16.3 Å². The zero-order valence-corrected chi connectivity index (χ0v) is 18.4. The van der Waals surface area contributed by atoms with Crippen molar-refractivity contribution < 1.29 is 8.42 Å². The van der Waals surface area contributed by atoms with Crippen LogP contribution in [0.15, 0.2) is 67.1 Å². The van der Waals surface area contributed by atoms with Crippen molar-refractivity contribution in [3.63, 3.8) is 0 Å². The summed E-state index contributed by atoms with van der Waals surface area (Å²) in [5.41, 5.74) is 3.70. The van der Waals surface area contributed by atoms with Crippen molar-refractivity contribution in [1.82, 2.24) is 15.0 Å². The second-order valence-corrected chi connectivity index (χ2v) is 9.27. The van der Waals surface area contributed by atoms with Crippen molar-refractivity contribution in [2.24, 2.45) is 0 Å². The van der Waals surface area contributed by atoms with E-state index in [0.717, 1.165) is 28.3 Å². The maximum Gasteiger partial charge on any atom is 0.229 e. The third-order valence-electron chi connectivity index (χ3n) is 4.76. The highest BCUT2D eigenvalue weighted by atomic mass is 35.5. The van der Waals surface area contributed by atoms with Crippen LogP contribution >= 0.6 is 11.6 Å². The molecular formula is C22H20ClN5O2S. The van der Waals surface area contributed by atoms with Crippen molar-refractivity contribution in [3.05, 3.63) is 77.8 Å². The molecule has 0 aliphatic carbocycles. The number of nitrogens with one attached hydrogen (secondary N) is 2. The van der Waals surface area contributed by atoms with E-state index in [0.29, 0.717) is 11.4 Å². The normalized spacial score (nSPS) is 12.5. The Bertz CT molecular complexity index is 1350. The minimum absolute atomic E-state index is 0.0470. The van der Waals surface area contributed by atoms with Gasteiger partial charge < -0.3 is 5.32 Å². The van der Waals surface area contributed by atoms with Gasteiger partial charge >= 0.3 is 0 Å².